The van der Waals surface area contributed by atoms with Crippen molar-refractivity contribution in [1.29, 1.82) is 0 Å². The van der Waals surface area contributed by atoms with Crippen LogP contribution in [0.25, 0.3) is 0 Å². The van der Waals surface area contributed by atoms with Crippen LogP contribution >= 0.6 is 0 Å². The topological polar surface area (TPSA) is 58.6 Å². The average molecular weight is 380 g/mol. The molecule has 5 heteroatoms. The first-order valence-corrected chi connectivity index (χ1v) is 9.74. The second-order valence-electron chi connectivity index (χ2n) is 7.75. The molecule has 2 amide bonds. The molecule has 2 aromatic rings. The molecule has 28 heavy (non-hydrogen) atoms. The van der Waals surface area contributed by atoms with Crippen LogP contribution in [0.5, 0.6) is 5.75 Å². The number of rotatable bonds is 5. The smallest absolute Gasteiger partial charge is 0.262 e. The van der Waals surface area contributed by atoms with Gasteiger partial charge in [0.05, 0.1) is 0 Å². The molecule has 1 aliphatic rings. The van der Waals surface area contributed by atoms with Crippen molar-refractivity contribution < 1.29 is 14.3 Å². The zero-order chi connectivity index (χ0) is 20.3. The van der Waals surface area contributed by atoms with Crippen molar-refractivity contribution in [3.05, 3.63) is 58.7 Å². The van der Waals surface area contributed by atoms with Crippen molar-refractivity contribution in [2.24, 2.45) is 5.92 Å². The number of aryl methyl sites for hydroxylation is 2. The Hall–Kier alpha value is -2.82. The van der Waals surface area contributed by atoms with E-state index in [-0.39, 0.29) is 24.3 Å². The van der Waals surface area contributed by atoms with Crippen LogP contribution in [-0.4, -0.2) is 29.9 Å². The quantitative estimate of drug-likeness (QED) is 0.857. The Morgan fingerprint density at radius 1 is 1.11 bits per heavy atom. The van der Waals surface area contributed by atoms with E-state index in [2.05, 4.69) is 5.32 Å². The first-order chi connectivity index (χ1) is 13.3. The van der Waals surface area contributed by atoms with Crippen LogP contribution < -0.4 is 10.1 Å². The third-order valence-electron chi connectivity index (χ3n) is 5.01. The van der Waals surface area contributed by atoms with Gasteiger partial charge in [-0.3, -0.25) is 9.59 Å². The molecule has 0 bridgehead atoms. The predicted molar refractivity (Wildman–Crippen MR) is 110 cm³/mol. The van der Waals surface area contributed by atoms with E-state index >= 15 is 0 Å². The number of carbonyl (C=O) groups excluding carboxylic acids is 2. The normalized spacial score (nSPS) is 13.2. The number of benzene rings is 2. The summed E-state index contributed by atoms with van der Waals surface area (Å²) in [5, 5.41) is 2.90. The molecule has 0 unspecified atom stereocenters. The lowest BCUT2D eigenvalue weighted by Crippen LogP contribution is -2.38. The molecule has 0 saturated carbocycles. The van der Waals surface area contributed by atoms with E-state index in [4.69, 9.17) is 4.74 Å². The third kappa shape index (κ3) is 4.71. The second kappa shape index (κ2) is 8.46. The van der Waals surface area contributed by atoms with E-state index in [0.717, 1.165) is 41.1 Å². The summed E-state index contributed by atoms with van der Waals surface area (Å²) < 4.78 is 5.67. The van der Waals surface area contributed by atoms with Crippen LogP contribution in [0, 0.1) is 19.8 Å². The summed E-state index contributed by atoms with van der Waals surface area (Å²) in [6, 6.07) is 11.8. The highest BCUT2D eigenvalue weighted by atomic mass is 16.5. The monoisotopic (exact) mass is 380 g/mol. The first kappa shape index (κ1) is 19.9. The minimum absolute atomic E-state index is 0.00772. The van der Waals surface area contributed by atoms with Crippen LogP contribution in [-0.2, 0) is 22.6 Å². The molecule has 5 nitrogen and oxygen atoms in total. The number of ether oxygens (including phenoxy) is 1. The maximum Gasteiger partial charge on any atom is 0.262 e. The predicted octanol–water partition coefficient (Wildman–Crippen LogP) is 3.86. The molecule has 0 spiro atoms. The third-order valence-corrected chi connectivity index (χ3v) is 5.01. The SMILES string of the molecule is Cc1ccc(C)c(OCC(=O)Nc2ccc3c(c2)CN(C(=O)C(C)C)CC3)c1. The molecule has 2 aromatic carbocycles. The van der Waals surface area contributed by atoms with Gasteiger partial charge in [-0.2, -0.15) is 0 Å². The van der Waals surface area contributed by atoms with Gasteiger partial charge in [-0.25, -0.2) is 0 Å². The van der Waals surface area contributed by atoms with Crippen molar-refractivity contribution >= 4 is 17.5 Å². The van der Waals surface area contributed by atoms with E-state index in [1.54, 1.807) is 0 Å². The molecular weight excluding hydrogens is 352 g/mol. The summed E-state index contributed by atoms with van der Waals surface area (Å²) in [4.78, 5) is 26.5. The second-order valence-corrected chi connectivity index (χ2v) is 7.75. The number of nitrogens with one attached hydrogen (secondary N) is 1. The van der Waals surface area contributed by atoms with E-state index in [1.165, 1.54) is 5.56 Å². The highest BCUT2D eigenvalue weighted by Gasteiger charge is 2.22. The summed E-state index contributed by atoms with van der Waals surface area (Å²) >= 11 is 0. The fourth-order valence-electron chi connectivity index (χ4n) is 3.39. The minimum atomic E-state index is -0.202. The molecule has 1 heterocycles. The largest absolute Gasteiger partial charge is 0.483 e. The summed E-state index contributed by atoms with van der Waals surface area (Å²) in [5.41, 5.74) is 5.15. The Balaban J connectivity index is 1.62. The first-order valence-electron chi connectivity index (χ1n) is 9.74. The van der Waals surface area contributed by atoms with Crippen LogP contribution in [0.15, 0.2) is 36.4 Å². The Kier molecular flexibility index (Phi) is 6.02. The number of nitrogens with zero attached hydrogens (tertiary/aromatic N) is 1. The van der Waals surface area contributed by atoms with Crippen molar-refractivity contribution in [2.75, 3.05) is 18.5 Å². The van der Waals surface area contributed by atoms with Gasteiger partial charge in [-0.05, 0) is 60.7 Å². The molecule has 3 rings (SSSR count). The fraction of sp³-hybridized carbons (Fsp3) is 0.391. The number of hydrogen-bond donors (Lipinski definition) is 1. The number of carbonyl (C=O) groups is 2. The molecule has 1 aliphatic heterocycles. The van der Waals surface area contributed by atoms with Gasteiger partial charge in [-0.1, -0.05) is 32.0 Å². The minimum Gasteiger partial charge on any atom is -0.483 e. The van der Waals surface area contributed by atoms with Gasteiger partial charge >= 0.3 is 0 Å². The van der Waals surface area contributed by atoms with Crippen LogP contribution in [0.3, 0.4) is 0 Å². The standard InChI is InChI=1S/C23H28N2O3/c1-15(2)23(27)25-10-9-18-7-8-20(12-19(18)13-25)24-22(26)14-28-21-11-16(3)5-6-17(21)4/h5-8,11-12,15H,9-10,13-14H2,1-4H3,(H,24,26). The van der Waals surface area contributed by atoms with Crippen LogP contribution in [0.1, 0.15) is 36.1 Å². The van der Waals surface area contributed by atoms with Crippen molar-refractivity contribution in [3.63, 3.8) is 0 Å². The maximum absolute atomic E-state index is 12.3. The van der Waals surface area contributed by atoms with Crippen LogP contribution in [0.4, 0.5) is 5.69 Å². The molecule has 0 radical (unpaired) electrons. The van der Waals surface area contributed by atoms with E-state index < -0.39 is 0 Å². The highest BCUT2D eigenvalue weighted by molar-refractivity contribution is 5.92. The lowest BCUT2D eigenvalue weighted by Gasteiger charge is -2.30. The van der Waals surface area contributed by atoms with E-state index in [1.807, 2.05) is 69.0 Å². The molecular formula is C23H28N2O3. The molecule has 0 fully saturated rings. The number of hydrogen-bond acceptors (Lipinski definition) is 3. The molecule has 1 N–H and O–H groups in total. The van der Waals surface area contributed by atoms with Crippen molar-refractivity contribution in [1.82, 2.24) is 4.90 Å². The molecule has 0 aromatic heterocycles. The summed E-state index contributed by atoms with van der Waals surface area (Å²) in [5.74, 6) is 0.684. The van der Waals surface area contributed by atoms with Gasteiger partial charge in [0.25, 0.3) is 5.91 Å². The summed E-state index contributed by atoms with van der Waals surface area (Å²) in [6.07, 6.45) is 0.845. The maximum atomic E-state index is 12.3. The Bertz CT molecular complexity index is 889. The number of amides is 2. The van der Waals surface area contributed by atoms with Gasteiger partial charge in [0.2, 0.25) is 5.91 Å². The van der Waals surface area contributed by atoms with E-state index in [9.17, 15) is 9.59 Å². The van der Waals surface area contributed by atoms with Gasteiger partial charge < -0.3 is 15.0 Å². The Morgan fingerprint density at radius 3 is 2.64 bits per heavy atom. The fourth-order valence-corrected chi connectivity index (χ4v) is 3.39. The number of fused-ring (bicyclic) bond motifs is 1. The van der Waals surface area contributed by atoms with Gasteiger partial charge in [0.15, 0.2) is 6.61 Å². The van der Waals surface area contributed by atoms with Crippen LogP contribution in [0.2, 0.25) is 0 Å². The van der Waals surface area contributed by atoms with Gasteiger partial charge in [-0.15, -0.1) is 0 Å². The highest BCUT2D eigenvalue weighted by Crippen LogP contribution is 2.24. The van der Waals surface area contributed by atoms with Gasteiger partial charge in [0, 0.05) is 24.7 Å². The summed E-state index contributed by atoms with van der Waals surface area (Å²) in [6.45, 7) is 9.09. The lowest BCUT2D eigenvalue weighted by atomic mass is 9.98. The molecule has 0 atom stereocenters. The number of anilines is 1. The molecule has 0 saturated heterocycles. The molecule has 0 aliphatic carbocycles. The Morgan fingerprint density at radius 2 is 1.89 bits per heavy atom. The molecule has 148 valence electrons. The Labute approximate surface area is 166 Å². The zero-order valence-electron chi connectivity index (χ0n) is 17.0. The average Bonchev–Trinajstić information content (AvgIpc) is 2.67. The van der Waals surface area contributed by atoms with Crippen molar-refractivity contribution in [3.8, 4) is 5.75 Å². The van der Waals surface area contributed by atoms with E-state index in [0.29, 0.717) is 6.54 Å². The summed E-state index contributed by atoms with van der Waals surface area (Å²) in [7, 11) is 0. The van der Waals surface area contributed by atoms with Crippen molar-refractivity contribution in [2.45, 2.75) is 40.7 Å². The zero-order valence-corrected chi connectivity index (χ0v) is 17.0. The van der Waals surface area contributed by atoms with Gasteiger partial charge in [0.1, 0.15) is 5.75 Å². The lowest BCUT2D eigenvalue weighted by molar-refractivity contribution is -0.135.